The van der Waals surface area contributed by atoms with Crippen LogP contribution in [0, 0.1) is 5.92 Å². The van der Waals surface area contributed by atoms with Crippen LogP contribution < -0.4 is 10.2 Å². The van der Waals surface area contributed by atoms with E-state index in [0.717, 1.165) is 57.0 Å². The Hall–Kier alpha value is -2.16. The predicted molar refractivity (Wildman–Crippen MR) is 118 cm³/mol. The van der Waals surface area contributed by atoms with Crippen LogP contribution in [0.25, 0.3) is 0 Å². The highest BCUT2D eigenvalue weighted by Crippen LogP contribution is 2.27. The Balaban J connectivity index is 1.48. The monoisotopic (exact) mass is 435 g/mol. The molecule has 1 N–H and O–H groups in total. The van der Waals surface area contributed by atoms with E-state index in [4.69, 9.17) is 0 Å². The topological polar surface area (TPSA) is 85.8 Å². The molecule has 166 valence electrons. The molecule has 2 aliphatic heterocycles. The van der Waals surface area contributed by atoms with Crippen LogP contribution in [-0.2, 0) is 9.59 Å². The van der Waals surface area contributed by atoms with Gasteiger partial charge in [0, 0.05) is 57.6 Å². The largest absolute Gasteiger partial charge is 0.351 e. The third-order valence-electron chi connectivity index (χ3n) is 5.90. The van der Waals surface area contributed by atoms with Crippen LogP contribution in [0.2, 0.25) is 0 Å². The first kappa shape index (κ1) is 22.5. The van der Waals surface area contributed by atoms with E-state index < -0.39 is 0 Å². The summed E-state index contributed by atoms with van der Waals surface area (Å²) in [6.45, 7) is 9.06. The van der Waals surface area contributed by atoms with Crippen LogP contribution in [0.4, 0.5) is 5.13 Å². The lowest BCUT2D eigenvalue weighted by atomic mass is 9.97. The molecule has 0 spiro atoms. The van der Waals surface area contributed by atoms with E-state index in [1.807, 2.05) is 23.6 Å². The number of hydrogen-bond acceptors (Lipinski definition) is 6. The van der Waals surface area contributed by atoms with E-state index in [9.17, 15) is 14.4 Å². The molecule has 0 aromatic carbocycles. The number of carbonyl (C=O) groups excluding carboxylic acids is 3. The third kappa shape index (κ3) is 5.50. The van der Waals surface area contributed by atoms with Gasteiger partial charge in [0.25, 0.3) is 5.91 Å². The fourth-order valence-electron chi connectivity index (χ4n) is 4.16. The van der Waals surface area contributed by atoms with Gasteiger partial charge in [-0.2, -0.15) is 0 Å². The van der Waals surface area contributed by atoms with E-state index in [2.05, 4.69) is 15.2 Å². The Kier molecular flexibility index (Phi) is 8.07. The lowest BCUT2D eigenvalue weighted by Gasteiger charge is -2.34. The van der Waals surface area contributed by atoms with Gasteiger partial charge in [-0.3, -0.25) is 14.4 Å². The zero-order valence-electron chi connectivity index (χ0n) is 18.1. The third-order valence-corrected chi connectivity index (χ3v) is 6.80. The Bertz CT molecular complexity index is 749. The smallest absolute Gasteiger partial charge is 0.270 e. The summed E-state index contributed by atoms with van der Waals surface area (Å²) in [6.07, 6.45) is 4.18. The Morgan fingerprint density at radius 3 is 2.77 bits per heavy atom. The number of likely N-dealkylation sites (tertiary alicyclic amines) is 1. The molecule has 2 saturated heterocycles. The van der Waals surface area contributed by atoms with Crippen molar-refractivity contribution in [2.45, 2.75) is 46.0 Å². The summed E-state index contributed by atoms with van der Waals surface area (Å²) in [5, 5.41) is 5.49. The van der Waals surface area contributed by atoms with E-state index in [1.165, 1.54) is 11.3 Å². The van der Waals surface area contributed by atoms with Gasteiger partial charge in [-0.05, 0) is 39.5 Å². The summed E-state index contributed by atoms with van der Waals surface area (Å²) in [5.74, 6) is 0.242. The molecule has 3 amide bonds. The van der Waals surface area contributed by atoms with Crippen LogP contribution in [0.5, 0.6) is 0 Å². The van der Waals surface area contributed by atoms with Gasteiger partial charge >= 0.3 is 0 Å². The quantitative estimate of drug-likeness (QED) is 0.600. The maximum absolute atomic E-state index is 12.7. The van der Waals surface area contributed by atoms with Gasteiger partial charge in [0.1, 0.15) is 5.69 Å². The normalized spacial score (nSPS) is 19.3. The first-order chi connectivity index (χ1) is 14.5. The molecule has 3 heterocycles. The fourth-order valence-corrected chi connectivity index (χ4v) is 5.01. The zero-order chi connectivity index (χ0) is 21.5. The van der Waals surface area contributed by atoms with Crippen LogP contribution in [0.3, 0.4) is 0 Å². The van der Waals surface area contributed by atoms with Crippen molar-refractivity contribution < 1.29 is 14.4 Å². The van der Waals surface area contributed by atoms with Gasteiger partial charge < -0.3 is 20.0 Å². The maximum Gasteiger partial charge on any atom is 0.270 e. The lowest BCUT2D eigenvalue weighted by Crippen LogP contribution is -2.44. The SMILES string of the molecule is CCN(CC)C(=O)C1CCCN(c2nc(C(=O)NCCCN3CCCC3=O)cs2)C1. The summed E-state index contributed by atoms with van der Waals surface area (Å²) in [7, 11) is 0. The number of hydrogen-bond donors (Lipinski definition) is 1. The minimum absolute atomic E-state index is 0.00637. The van der Waals surface area contributed by atoms with Gasteiger partial charge in [-0.25, -0.2) is 4.98 Å². The molecule has 1 aromatic rings. The van der Waals surface area contributed by atoms with Crippen molar-refractivity contribution in [1.29, 1.82) is 0 Å². The Morgan fingerprint density at radius 2 is 2.07 bits per heavy atom. The number of amides is 3. The molecule has 2 fully saturated rings. The molecule has 3 rings (SSSR count). The highest BCUT2D eigenvalue weighted by atomic mass is 32.1. The number of nitrogens with zero attached hydrogens (tertiary/aromatic N) is 4. The molecule has 1 aromatic heterocycles. The van der Waals surface area contributed by atoms with E-state index in [1.54, 1.807) is 5.38 Å². The highest BCUT2D eigenvalue weighted by molar-refractivity contribution is 7.13. The molecule has 1 unspecified atom stereocenters. The lowest BCUT2D eigenvalue weighted by molar-refractivity contribution is -0.135. The van der Waals surface area contributed by atoms with Gasteiger partial charge in [-0.15, -0.1) is 11.3 Å². The van der Waals surface area contributed by atoms with E-state index in [0.29, 0.717) is 31.7 Å². The molecule has 2 aliphatic rings. The number of aromatic nitrogens is 1. The predicted octanol–water partition coefficient (Wildman–Crippen LogP) is 1.97. The molecule has 8 nitrogen and oxygen atoms in total. The van der Waals surface area contributed by atoms with Crippen molar-refractivity contribution >= 4 is 34.2 Å². The van der Waals surface area contributed by atoms with Crippen LogP contribution in [-0.4, -0.2) is 78.3 Å². The molecular weight excluding hydrogens is 402 g/mol. The average molecular weight is 436 g/mol. The molecular formula is C21H33N5O3S. The minimum atomic E-state index is -0.182. The minimum Gasteiger partial charge on any atom is -0.351 e. The number of rotatable bonds is 9. The van der Waals surface area contributed by atoms with Crippen molar-refractivity contribution in [1.82, 2.24) is 20.1 Å². The van der Waals surface area contributed by atoms with Crippen molar-refractivity contribution in [2.24, 2.45) is 5.92 Å². The number of piperidine rings is 1. The summed E-state index contributed by atoms with van der Waals surface area (Å²) < 4.78 is 0. The summed E-state index contributed by atoms with van der Waals surface area (Å²) in [4.78, 5) is 47.1. The highest BCUT2D eigenvalue weighted by Gasteiger charge is 2.29. The van der Waals surface area contributed by atoms with Gasteiger partial charge in [-0.1, -0.05) is 0 Å². The average Bonchev–Trinajstić information content (AvgIpc) is 3.41. The standard InChI is InChI=1S/C21H33N5O3S/c1-3-24(4-2)20(29)16-8-5-12-26(14-16)21-23-17(15-30-21)19(28)22-10-7-13-25-11-6-9-18(25)27/h15-16H,3-14H2,1-2H3,(H,22,28). The van der Waals surface area contributed by atoms with Crippen LogP contribution in [0.1, 0.15) is 56.4 Å². The second-order valence-electron chi connectivity index (χ2n) is 7.90. The molecule has 30 heavy (non-hydrogen) atoms. The van der Waals surface area contributed by atoms with Crippen molar-refractivity contribution in [3.05, 3.63) is 11.1 Å². The Labute approximate surface area is 182 Å². The van der Waals surface area contributed by atoms with Gasteiger partial charge in [0.15, 0.2) is 5.13 Å². The molecule has 0 bridgehead atoms. The zero-order valence-corrected chi connectivity index (χ0v) is 18.9. The molecule has 1 atom stereocenters. The second kappa shape index (κ2) is 10.7. The van der Waals surface area contributed by atoms with Crippen molar-refractivity contribution in [3.63, 3.8) is 0 Å². The van der Waals surface area contributed by atoms with Crippen LogP contribution >= 0.6 is 11.3 Å². The molecule has 0 aliphatic carbocycles. The number of thiazole rings is 1. The molecule has 9 heteroatoms. The molecule has 0 radical (unpaired) electrons. The number of carbonyl (C=O) groups is 3. The fraction of sp³-hybridized carbons (Fsp3) is 0.714. The Morgan fingerprint density at radius 1 is 1.27 bits per heavy atom. The van der Waals surface area contributed by atoms with E-state index in [-0.39, 0.29) is 23.6 Å². The maximum atomic E-state index is 12.7. The summed E-state index contributed by atoms with van der Waals surface area (Å²) in [5.41, 5.74) is 0.421. The van der Waals surface area contributed by atoms with Gasteiger partial charge in [0.2, 0.25) is 11.8 Å². The molecule has 0 saturated carbocycles. The van der Waals surface area contributed by atoms with E-state index >= 15 is 0 Å². The first-order valence-corrected chi connectivity index (χ1v) is 12.0. The van der Waals surface area contributed by atoms with Gasteiger partial charge in [0.05, 0.1) is 5.92 Å². The number of nitrogens with one attached hydrogen (secondary N) is 1. The summed E-state index contributed by atoms with van der Waals surface area (Å²) >= 11 is 1.45. The number of anilines is 1. The van der Waals surface area contributed by atoms with Crippen molar-refractivity contribution in [3.8, 4) is 0 Å². The second-order valence-corrected chi connectivity index (χ2v) is 8.74. The van der Waals surface area contributed by atoms with Crippen LogP contribution in [0.15, 0.2) is 5.38 Å². The summed E-state index contributed by atoms with van der Waals surface area (Å²) in [6, 6.07) is 0. The first-order valence-electron chi connectivity index (χ1n) is 11.1. The van der Waals surface area contributed by atoms with Crippen molar-refractivity contribution in [2.75, 3.05) is 50.7 Å².